The molecule has 0 saturated heterocycles. The van der Waals surface area contributed by atoms with Gasteiger partial charge in [0.2, 0.25) is 5.91 Å². The first-order valence-corrected chi connectivity index (χ1v) is 5.52. The molecule has 0 fully saturated rings. The lowest BCUT2D eigenvalue weighted by atomic mass is 9.98. The number of amides is 1. The summed E-state index contributed by atoms with van der Waals surface area (Å²) < 4.78 is 5.43. The van der Waals surface area contributed by atoms with Gasteiger partial charge in [-0.05, 0) is 36.1 Å². The minimum atomic E-state index is -0.337. The average molecular weight is 221 g/mol. The minimum Gasteiger partial charge on any atom is -0.493 e. The molecule has 0 unspecified atom stereocenters. The van der Waals surface area contributed by atoms with Crippen molar-refractivity contribution in [3.63, 3.8) is 0 Å². The second kappa shape index (κ2) is 5.54. The molecule has 0 aliphatic heterocycles. The number of rotatable bonds is 5. The first-order chi connectivity index (χ1) is 7.50. The van der Waals surface area contributed by atoms with Gasteiger partial charge in [-0.25, -0.2) is 0 Å². The molecule has 0 heterocycles. The molecule has 0 aromatic heterocycles. The van der Waals surface area contributed by atoms with Crippen molar-refractivity contribution in [2.45, 2.75) is 33.1 Å². The summed E-state index contributed by atoms with van der Waals surface area (Å²) in [6.45, 7) is 6.73. The van der Waals surface area contributed by atoms with Crippen LogP contribution in [-0.2, 0) is 4.79 Å². The molecule has 88 valence electrons. The van der Waals surface area contributed by atoms with Gasteiger partial charge in [-0.15, -0.1) is 0 Å². The van der Waals surface area contributed by atoms with Crippen molar-refractivity contribution in [3.8, 4) is 5.75 Å². The molecule has 1 amide bonds. The molecular weight excluding hydrogens is 202 g/mol. The average Bonchev–Trinajstić information content (AvgIpc) is 2.16. The van der Waals surface area contributed by atoms with Crippen LogP contribution < -0.4 is 10.5 Å². The SMILES string of the molecule is Cc1cc(OCCC(N)=O)ccc1C(C)C. The summed E-state index contributed by atoms with van der Waals surface area (Å²) in [5.41, 5.74) is 7.57. The van der Waals surface area contributed by atoms with Gasteiger partial charge in [0.25, 0.3) is 0 Å². The highest BCUT2D eigenvalue weighted by Gasteiger charge is 2.04. The Morgan fingerprint density at radius 3 is 2.62 bits per heavy atom. The zero-order valence-electron chi connectivity index (χ0n) is 10.1. The maximum Gasteiger partial charge on any atom is 0.220 e. The maximum absolute atomic E-state index is 10.5. The van der Waals surface area contributed by atoms with Crippen LogP contribution in [0.4, 0.5) is 0 Å². The van der Waals surface area contributed by atoms with Crippen molar-refractivity contribution in [1.82, 2.24) is 0 Å². The van der Waals surface area contributed by atoms with Crippen molar-refractivity contribution in [2.24, 2.45) is 5.73 Å². The van der Waals surface area contributed by atoms with Crippen molar-refractivity contribution in [3.05, 3.63) is 29.3 Å². The summed E-state index contributed by atoms with van der Waals surface area (Å²) in [4.78, 5) is 10.5. The van der Waals surface area contributed by atoms with E-state index >= 15 is 0 Å². The Morgan fingerprint density at radius 2 is 2.12 bits per heavy atom. The summed E-state index contributed by atoms with van der Waals surface area (Å²) >= 11 is 0. The molecule has 0 aliphatic carbocycles. The highest BCUT2D eigenvalue weighted by atomic mass is 16.5. The van der Waals surface area contributed by atoms with E-state index in [0.717, 1.165) is 5.75 Å². The molecule has 1 rings (SSSR count). The summed E-state index contributed by atoms with van der Waals surface area (Å²) in [7, 11) is 0. The van der Waals surface area contributed by atoms with Gasteiger partial charge in [-0.1, -0.05) is 19.9 Å². The molecule has 0 spiro atoms. The van der Waals surface area contributed by atoms with Gasteiger partial charge in [0.1, 0.15) is 5.75 Å². The van der Waals surface area contributed by atoms with Crippen molar-refractivity contribution < 1.29 is 9.53 Å². The quantitative estimate of drug-likeness (QED) is 0.829. The number of ether oxygens (including phenoxy) is 1. The molecule has 0 saturated carbocycles. The molecule has 3 heteroatoms. The summed E-state index contributed by atoms with van der Waals surface area (Å²) in [6, 6.07) is 6.00. The lowest BCUT2D eigenvalue weighted by Gasteiger charge is -2.12. The lowest BCUT2D eigenvalue weighted by molar-refractivity contribution is -0.118. The molecule has 1 aromatic carbocycles. The largest absolute Gasteiger partial charge is 0.493 e. The smallest absolute Gasteiger partial charge is 0.220 e. The minimum absolute atomic E-state index is 0.255. The van der Waals surface area contributed by atoms with Gasteiger partial charge in [0, 0.05) is 0 Å². The van der Waals surface area contributed by atoms with Gasteiger partial charge >= 0.3 is 0 Å². The van der Waals surface area contributed by atoms with Crippen molar-refractivity contribution in [1.29, 1.82) is 0 Å². The predicted octanol–water partition coefficient (Wildman–Crippen LogP) is 2.37. The number of carbonyl (C=O) groups excluding carboxylic acids is 1. The number of hydrogen-bond donors (Lipinski definition) is 1. The monoisotopic (exact) mass is 221 g/mol. The molecule has 0 bridgehead atoms. The fourth-order valence-electron chi connectivity index (χ4n) is 1.66. The third-order valence-electron chi connectivity index (χ3n) is 2.48. The van der Waals surface area contributed by atoms with Crippen LogP contribution in [0.3, 0.4) is 0 Å². The molecule has 0 atom stereocenters. The Bertz CT molecular complexity index is 372. The van der Waals surface area contributed by atoms with E-state index in [9.17, 15) is 4.79 Å². The number of carbonyl (C=O) groups is 1. The van der Waals surface area contributed by atoms with E-state index in [0.29, 0.717) is 12.5 Å². The van der Waals surface area contributed by atoms with E-state index < -0.39 is 0 Å². The van der Waals surface area contributed by atoms with Crippen molar-refractivity contribution >= 4 is 5.91 Å². The lowest BCUT2D eigenvalue weighted by Crippen LogP contribution is -2.14. The highest BCUT2D eigenvalue weighted by Crippen LogP contribution is 2.23. The first kappa shape index (κ1) is 12.6. The number of hydrogen-bond acceptors (Lipinski definition) is 2. The van der Waals surface area contributed by atoms with E-state index in [2.05, 4.69) is 26.8 Å². The second-order valence-electron chi connectivity index (χ2n) is 4.24. The first-order valence-electron chi connectivity index (χ1n) is 5.52. The van der Waals surface area contributed by atoms with Gasteiger partial charge < -0.3 is 10.5 Å². The van der Waals surface area contributed by atoms with Gasteiger partial charge in [-0.3, -0.25) is 4.79 Å². The van der Waals surface area contributed by atoms with E-state index in [1.807, 2.05) is 12.1 Å². The number of aryl methyl sites for hydroxylation is 1. The van der Waals surface area contributed by atoms with Crippen LogP contribution in [0.15, 0.2) is 18.2 Å². The Morgan fingerprint density at radius 1 is 1.44 bits per heavy atom. The maximum atomic E-state index is 10.5. The third-order valence-corrected chi connectivity index (χ3v) is 2.48. The summed E-state index contributed by atoms with van der Waals surface area (Å²) in [6.07, 6.45) is 0.255. The zero-order chi connectivity index (χ0) is 12.1. The standard InChI is InChI=1S/C13H19NO2/c1-9(2)12-5-4-11(8-10(12)3)16-7-6-13(14)15/h4-5,8-9H,6-7H2,1-3H3,(H2,14,15). The fourth-order valence-corrected chi connectivity index (χ4v) is 1.66. The van der Waals surface area contributed by atoms with E-state index in [1.54, 1.807) is 0 Å². The molecule has 3 nitrogen and oxygen atoms in total. The molecule has 16 heavy (non-hydrogen) atoms. The highest BCUT2D eigenvalue weighted by molar-refractivity contribution is 5.73. The van der Waals surface area contributed by atoms with Crippen LogP contribution in [0.25, 0.3) is 0 Å². The van der Waals surface area contributed by atoms with Gasteiger partial charge in [0.15, 0.2) is 0 Å². The molecule has 0 aliphatic rings. The topological polar surface area (TPSA) is 52.3 Å². The normalized spacial score (nSPS) is 10.5. The van der Waals surface area contributed by atoms with Crippen LogP contribution in [-0.4, -0.2) is 12.5 Å². The Labute approximate surface area is 96.6 Å². The summed E-state index contributed by atoms with van der Waals surface area (Å²) in [5, 5.41) is 0. The number of nitrogens with two attached hydrogens (primary N) is 1. The molecule has 2 N–H and O–H groups in total. The van der Waals surface area contributed by atoms with E-state index in [1.165, 1.54) is 11.1 Å². The van der Waals surface area contributed by atoms with E-state index in [-0.39, 0.29) is 12.3 Å². The number of benzene rings is 1. The second-order valence-corrected chi connectivity index (χ2v) is 4.24. The Hall–Kier alpha value is -1.51. The van der Waals surface area contributed by atoms with Crippen LogP contribution in [0.1, 0.15) is 37.3 Å². The fraction of sp³-hybridized carbons (Fsp3) is 0.462. The van der Waals surface area contributed by atoms with Crippen LogP contribution in [0, 0.1) is 6.92 Å². The molecule has 1 aromatic rings. The van der Waals surface area contributed by atoms with Gasteiger partial charge in [-0.2, -0.15) is 0 Å². The van der Waals surface area contributed by atoms with Crippen LogP contribution >= 0.6 is 0 Å². The Kier molecular flexibility index (Phi) is 4.35. The van der Waals surface area contributed by atoms with Crippen LogP contribution in [0.5, 0.6) is 5.75 Å². The van der Waals surface area contributed by atoms with Crippen LogP contribution in [0.2, 0.25) is 0 Å². The van der Waals surface area contributed by atoms with Gasteiger partial charge in [0.05, 0.1) is 13.0 Å². The number of primary amides is 1. The van der Waals surface area contributed by atoms with Crippen molar-refractivity contribution in [2.75, 3.05) is 6.61 Å². The predicted molar refractivity (Wildman–Crippen MR) is 64.6 cm³/mol. The Balaban J connectivity index is 2.63. The zero-order valence-corrected chi connectivity index (χ0v) is 10.1. The molecule has 0 radical (unpaired) electrons. The summed E-state index contributed by atoms with van der Waals surface area (Å²) in [5.74, 6) is 0.971. The molecular formula is C13H19NO2. The third kappa shape index (κ3) is 3.57. The van der Waals surface area contributed by atoms with E-state index in [4.69, 9.17) is 10.5 Å².